The second-order valence-corrected chi connectivity index (χ2v) is 8.47. The van der Waals surface area contributed by atoms with Crippen LogP contribution in [0, 0.1) is 5.92 Å². The van der Waals surface area contributed by atoms with Gasteiger partial charge in [0.1, 0.15) is 0 Å². The molecule has 2 amide bonds. The average molecular weight is 401 g/mol. The molecule has 0 unspecified atom stereocenters. The van der Waals surface area contributed by atoms with E-state index in [0.717, 1.165) is 16.9 Å². The molecule has 0 fully saturated rings. The third-order valence-electron chi connectivity index (χ3n) is 5.11. The van der Waals surface area contributed by atoms with E-state index in [4.69, 9.17) is 4.74 Å². The Bertz CT molecular complexity index is 804. The number of carbonyl (C=O) groups excluding carboxylic acids is 2. The lowest BCUT2D eigenvalue weighted by Gasteiger charge is -2.41. The van der Waals surface area contributed by atoms with Crippen LogP contribution in [0.3, 0.4) is 0 Å². The van der Waals surface area contributed by atoms with E-state index in [-0.39, 0.29) is 17.9 Å². The predicted octanol–water partition coefficient (Wildman–Crippen LogP) is 3.84. The number of nitrogens with one attached hydrogen (secondary N) is 1. The quantitative estimate of drug-likeness (QED) is 0.732. The summed E-state index contributed by atoms with van der Waals surface area (Å²) < 4.78 is 5.24. The maximum atomic E-state index is 13.3. The van der Waals surface area contributed by atoms with Gasteiger partial charge in [0.15, 0.2) is 0 Å². The zero-order chi connectivity index (χ0) is 20.1. The molecule has 0 radical (unpaired) electrons. The molecule has 1 aliphatic heterocycles. The lowest BCUT2D eigenvalue weighted by Crippen LogP contribution is -2.48. The maximum absolute atomic E-state index is 13.3. The Kier molecular flexibility index (Phi) is 6.86. The summed E-state index contributed by atoms with van der Waals surface area (Å²) in [7, 11) is 1.62. The topological polar surface area (TPSA) is 58.6 Å². The molecule has 2 heterocycles. The van der Waals surface area contributed by atoms with Crippen LogP contribution in [0.4, 0.5) is 0 Å². The molecule has 0 bridgehead atoms. The Hall–Kier alpha value is -2.18. The number of rotatable bonds is 8. The van der Waals surface area contributed by atoms with Gasteiger partial charge in [-0.15, -0.1) is 11.3 Å². The normalized spacial score (nSPS) is 19.0. The third kappa shape index (κ3) is 4.28. The number of nitrogens with zero attached hydrogens (tertiary/aromatic N) is 1. The van der Waals surface area contributed by atoms with Crippen LogP contribution in [0.1, 0.15) is 53.0 Å². The van der Waals surface area contributed by atoms with E-state index in [1.165, 1.54) is 0 Å². The second-order valence-electron chi connectivity index (χ2n) is 7.49. The van der Waals surface area contributed by atoms with Crippen molar-refractivity contribution in [2.24, 2.45) is 5.92 Å². The van der Waals surface area contributed by atoms with Crippen LogP contribution in [-0.2, 0) is 9.53 Å². The number of carbonyl (C=O) groups is 2. The maximum Gasteiger partial charge on any atom is 0.254 e. The summed E-state index contributed by atoms with van der Waals surface area (Å²) >= 11 is 1.58. The summed E-state index contributed by atoms with van der Waals surface area (Å²) in [4.78, 5) is 29.4. The Morgan fingerprint density at radius 2 is 2.04 bits per heavy atom. The highest BCUT2D eigenvalue weighted by atomic mass is 32.1. The Morgan fingerprint density at radius 3 is 2.71 bits per heavy atom. The molecule has 1 N–H and O–H groups in total. The van der Waals surface area contributed by atoms with Crippen molar-refractivity contribution in [3.8, 4) is 0 Å². The first-order valence-corrected chi connectivity index (χ1v) is 10.6. The monoisotopic (exact) mass is 400 g/mol. The van der Waals surface area contributed by atoms with Crippen molar-refractivity contribution in [1.82, 2.24) is 10.2 Å². The summed E-state index contributed by atoms with van der Waals surface area (Å²) in [5.74, 6) is 0.0158. The molecule has 0 spiro atoms. The predicted molar refractivity (Wildman–Crippen MR) is 112 cm³/mol. The molecule has 2 aromatic rings. The number of methoxy groups -OCH3 is 1. The molecule has 5 nitrogen and oxygen atoms in total. The van der Waals surface area contributed by atoms with E-state index in [9.17, 15) is 9.59 Å². The molecule has 28 heavy (non-hydrogen) atoms. The van der Waals surface area contributed by atoms with E-state index in [1.54, 1.807) is 23.3 Å². The lowest BCUT2D eigenvalue weighted by atomic mass is 9.81. The number of amides is 2. The number of fused-ring (bicyclic) bond motifs is 1. The smallest absolute Gasteiger partial charge is 0.254 e. The SMILES string of the molecule is COCCN1C(=O)c2ccccc2[C@@H](C(=O)NCCC(C)C)[C@@H]1c1cccs1. The fourth-order valence-corrected chi connectivity index (χ4v) is 4.55. The fourth-order valence-electron chi connectivity index (χ4n) is 3.68. The summed E-state index contributed by atoms with van der Waals surface area (Å²) in [5, 5.41) is 5.09. The van der Waals surface area contributed by atoms with E-state index in [1.807, 2.05) is 41.8 Å². The second kappa shape index (κ2) is 9.34. The molecule has 0 aliphatic carbocycles. The largest absolute Gasteiger partial charge is 0.383 e. The Morgan fingerprint density at radius 1 is 1.25 bits per heavy atom. The van der Waals surface area contributed by atoms with Crippen LogP contribution >= 0.6 is 11.3 Å². The first-order chi connectivity index (χ1) is 13.5. The van der Waals surface area contributed by atoms with Crippen LogP contribution in [0.2, 0.25) is 0 Å². The summed E-state index contributed by atoms with van der Waals surface area (Å²) in [6, 6.07) is 11.1. The van der Waals surface area contributed by atoms with Crippen LogP contribution < -0.4 is 5.32 Å². The van der Waals surface area contributed by atoms with E-state index >= 15 is 0 Å². The van der Waals surface area contributed by atoms with Crippen LogP contribution in [0.15, 0.2) is 41.8 Å². The van der Waals surface area contributed by atoms with E-state index < -0.39 is 5.92 Å². The molecule has 0 saturated heterocycles. The first-order valence-electron chi connectivity index (χ1n) is 9.74. The Labute approximate surface area is 170 Å². The zero-order valence-electron chi connectivity index (χ0n) is 16.7. The summed E-state index contributed by atoms with van der Waals surface area (Å²) in [6.45, 7) is 5.79. The number of ether oxygens (including phenoxy) is 1. The standard InChI is InChI=1S/C22H28N2O3S/c1-15(2)10-11-23-21(25)19-16-7-4-5-8-17(16)22(26)24(12-13-27-3)20(19)18-9-6-14-28-18/h4-9,14-15,19-20H,10-13H2,1-3H3,(H,23,25)/t19-,20+/m1/s1. The van der Waals surface area contributed by atoms with Gasteiger partial charge in [-0.25, -0.2) is 0 Å². The molecule has 3 rings (SSSR count). The average Bonchev–Trinajstić information content (AvgIpc) is 3.21. The van der Waals surface area contributed by atoms with Crippen molar-refractivity contribution in [3.63, 3.8) is 0 Å². The van der Waals surface area contributed by atoms with Gasteiger partial charge in [0.25, 0.3) is 5.91 Å². The van der Waals surface area contributed by atoms with Crippen molar-refractivity contribution in [2.45, 2.75) is 32.2 Å². The molecular formula is C22H28N2O3S. The molecule has 1 aromatic heterocycles. The van der Waals surface area contributed by atoms with Crippen LogP contribution in [0.5, 0.6) is 0 Å². The Balaban J connectivity index is 2.01. The number of benzene rings is 1. The summed E-state index contributed by atoms with van der Waals surface area (Å²) in [6.07, 6.45) is 0.927. The molecule has 1 aromatic carbocycles. The minimum Gasteiger partial charge on any atom is -0.383 e. The highest BCUT2D eigenvalue weighted by Crippen LogP contribution is 2.44. The van der Waals surface area contributed by atoms with Crippen LogP contribution in [0.25, 0.3) is 0 Å². The molecular weight excluding hydrogens is 372 g/mol. The van der Waals surface area contributed by atoms with Gasteiger partial charge in [0.05, 0.1) is 18.6 Å². The van der Waals surface area contributed by atoms with Gasteiger partial charge in [-0.1, -0.05) is 38.1 Å². The van der Waals surface area contributed by atoms with Crippen LogP contribution in [-0.4, -0.2) is 43.5 Å². The van der Waals surface area contributed by atoms with Crippen molar-refractivity contribution in [1.29, 1.82) is 0 Å². The molecule has 1 aliphatic rings. The highest BCUT2D eigenvalue weighted by Gasteiger charge is 2.44. The van der Waals surface area contributed by atoms with Gasteiger partial charge < -0.3 is 15.0 Å². The van der Waals surface area contributed by atoms with Gasteiger partial charge in [0.2, 0.25) is 5.91 Å². The van der Waals surface area contributed by atoms with Gasteiger partial charge in [-0.3, -0.25) is 9.59 Å². The van der Waals surface area contributed by atoms with Crippen molar-refractivity contribution in [3.05, 3.63) is 57.8 Å². The molecule has 0 saturated carbocycles. The number of hydrogen-bond acceptors (Lipinski definition) is 4. The third-order valence-corrected chi connectivity index (χ3v) is 6.06. The van der Waals surface area contributed by atoms with Gasteiger partial charge in [-0.05, 0) is 35.4 Å². The van der Waals surface area contributed by atoms with Crippen molar-refractivity contribution >= 4 is 23.2 Å². The minimum atomic E-state index is -0.434. The van der Waals surface area contributed by atoms with Gasteiger partial charge in [-0.2, -0.15) is 0 Å². The lowest BCUT2D eigenvalue weighted by molar-refractivity contribution is -0.124. The van der Waals surface area contributed by atoms with Gasteiger partial charge in [0, 0.05) is 30.6 Å². The molecule has 6 heteroatoms. The highest BCUT2D eigenvalue weighted by molar-refractivity contribution is 7.10. The summed E-state index contributed by atoms with van der Waals surface area (Å²) in [5.41, 5.74) is 1.41. The first kappa shape index (κ1) is 20.6. The van der Waals surface area contributed by atoms with Gasteiger partial charge >= 0.3 is 0 Å². The van der Waals surface area contributed by atoms with Crippen molar-refractivity contribution < 1.29 is 14.3 Å². The fraction of sp³-hybridized carbons (Fsp3) is 0.455. The molecule has 150 valence electrons. The number of hydrogen-bond donors (Lipinski definition) is 1. The van der Waals surface area contributed by atoms with Crippen molar-refractivity contribution in [2.75, 3.05) is 26.8 Å². The van der Waals surface area contributed by atoms with E-state index in [0.29, 0.717) is 31.2 Å². The molecule has 2 atom stereocenters. The van der Waals surface area contributed by atoms with E-state index in [2.05, 4.69) is 19.2 Å². The minimum absolute atomic E-state index is 0.0265. The zero-order valence-corrected chi connectivity index (χ0v) is 17.5. The number of thiophene rings is 1.